The van der Waals surface area contributed by atoms with Gasteiger partial charge in [0.2, 0.25) is 0 Å². The van der Waals surface area contributed by atoms with Crippen LogP contribution in [0.4, 0.5) is 5.82 Å². The van der Waals surface area contributed by atoms with E-state index in [1.165, 1.54) is 6.92 Å². The molecule has 41 heavy (non-hydrogen) atoms. The van der Waals surface area contributed by atoms with E-state index in [1.807, 2.05) is 13.8 Å². The largest absolute Gasteiger partial charge is 0.491 e. The summed E-state index contributed by atoms with van der Waals surface area (Å²) in [7, 11) is 0. The Hall–Kier alpha value is -2.72. The molecular weight excluding hydrogens is 542 g/mol. The van der Waals surface area contributed by atoms with Crippen molar-refractivity contribution in [3.63, 3.8) is 0 Å². The zero-order chi connectivity index (χ0) is 29.3. The van der Waals surface area contributed by atoms with Crippen molar-refractivity contribution in [1.82, 2.24) is 14.9 Å². The van der Waals surface area contributed by atoms with Gasteiger partial charge in [-0.2, -0.15) is 0 Å². The molecule has 2 aromatic rings. The lowest BCUT2D eigenvalue weighted by atomic mass is 9.71. The van der Waals surface area contributed by atoms with Crippen molar-refractivity contribution in [1.29, 1.82) is 0 Å². The van der Waals surface area contributed by atoms with E-state index in [4.69, 9.17) is 36.8 Å². The Kier molecular flexibility index (Phi) is 8.90. The first-order valence-corrected chi connectivity index (χ1v) is 15.0. The first-order chi connectivity index (χ1) is 19.6. The Balaban J connectivity index is 1.46. The molecule has 3 fully saturated rings. The highest BCUT2D eigenvalue weighted by molar-refractivity contribution is 6.33. The van der Waals surface area contributed by atoms with Crippen LogP contribution in [0, 0.1) is 12.3 Å². The minimum atomic E-state index is -0.545. The highest BCUT2D eigenvalue weighted by atomic mass is 35.5. The van der Waals surface area contributed by atoms with E-state index in [0.29, 0.717) is 51.6 Å². The minimum absolute atomic E-state index is 0.149. The maximum atomic E-state index is 12.7. The van der Waals surface area contributed by atoms with Gasteiger partial charge in [0.05, 0.1) is 41.6 Å². The fraction of sp³-hybridized carbons (Fsp3) is 0.581. The highest BCUT2D eigenvalue weighted by Crippen LogP contribution is 2.45. The van der Waals surface area contributed by atoms with Gasteiger partial charge in [-0.3, -0.25) is 9.69 Å². The molecule has 0 unspecified atom stereocenters. The van der Waals surface area contributed by atoms with Crippen molar-refractivity contribution in [3.8, 4) is 17.1 Å². The van der Waals surface area contributed by atoms with Crippen molar-refractivity contribution in [2.75, 3.05) is 50.9 Å². The molecule has 1 spiro atoms. The van der Waals surface area contributed by atoms with Gasteiger partial charge in [0, 0.05) is 35.3 Å². The molecule has 0 radical (unpaired) electrons. The summed E-state index contributed by atoms with van der Waals surface area (Å²) in [5.41, 5.74) is 9.24. The number of carbonyl (C=O) groups is 1. The summed E-state index contributed by atoms with van der Waals surface area (Å²) >= 11 is 6.68. The van der Waals surface area contributed by atoms with Gasteiger partial charge in [-0.15, -0.1) is 0 Å². The number of aliphatic hydroxyl groups excluding tert-OH is 1. The van der Waals surface area contributed by atoms with Crippen molar-refractivity contribution in [2.45, 2.75) is 65.5 Å². The summed E-state index contributed by atoms with van der Waals surface area (Å²) in [5, 5.41) is 10.6. The summed E-state index contributed by atoms with van der Waals surface area (Å²) in [6.07, 6.45) is 3.30. The topological polar surface area (TPSA) is 114 Å². The molecule has 1 atom stereocenters. The van der Waals surface area contributed by atoms with Gasteiger partial charge < -0.3 is 25.2 Å². The molecule has 0 aliphatic carbocycles. The van der Waals surface area contributed by atoms with Gasteiger partial charge in [-0.1, -0.05) is 24.9 Å². The summed E-state index contributed by atoms with van der Waals surface area (Å²) < 4.78 is 11.3. The van der Waals surface area contributed by atoms with Crippen LogP contribution in [0.5, 0.6) is 5.75 Å². The van der Waals surface area contributed by atoms with Crippen LogP contribution in [-0.2, 0) is 9.53 Å². The maximum Gasteiger partial charge on any atom is 0.163 e. The lowest BCUT2D eigenvalue weighted by molar-refractivity contribution is -0.111. The summed E-state index contributed by atoms with van der Waals surface area (Å²) in [6, 6.07) is 5.89. The molecule has 0 bridgehead atoms. The van der Waals surface area contributed by atoms with Crippen LogP contribution in [0.1, 0.15) is 57.7 Å². The maximum absolute atomic E-state index is 12.7. The highest BCUT2D eigenvalue weighted by Gasteiger charge is 2.47. The number of allylic oxidation sites excluding steroid dienone is 2. The van der Waals surface area contributed by atoms with Crippen molar-refractivity contribution in [3.05, 3.63) is 40.2 Å². The molecule has 0 saturated carbocycles. The molecule has 3 aliphatic heterocycles. The average Bonchev–Trinajstić information content (AvgIpc) is 2.87. The van der Waals surface area contributed by atoms with Crippen LogP contribution in [0.2, 0.25) is 5.02 Å². The second kappa shape index (κ2) is 12.3. The number of piperidine rings is 1. The molecule has 3 N–H and O–H groups in total. The van der Waals surface area contributed by atoms with Gasteiger partial charge >= 0.3 is 0 Å². The molecular formula is C31H42ClN5O4. The van der Waals surface area contributed by atoms with Gasteiger partial charge in [-0.25, -0.2) is 9.97 Å². The predicted octanol–water partition coefficient (Wildman–Crippen LogP) is 4.22. The molecule has 4 heterocycles. The number of benzene rings is 1. The van der Waals surface area contributed by atoms with E-state index in [-0.39, 0.29) is 17.8 Å². The van der Waals surface area contributed by atoms with Crippen LogP contribution >= 0.6 is 11.6 Å². The smallest absolute Gasteiger partial charge is 0.163 e. The Bertz CT molecular complexity index is 1310. The Morgan fingerprint density at radius 2 is 1.95 bits per heavy atom. The number of hydrogen-bond acceptors (Lipinski definition) is 9. The number of carbonyl (C=O) groups excluding carboxylic acids is 1. The van der Waals surface area contributed by atoms with Crippen molar-refractivity contribution in [2.24, 2.45) is 11.1 Å². The third kappa shape index (κ3) is 6.23. The molecule has 1 aromatic heterocycles. The third-order valence-corrected chi connectivity index (χ3v) is 9.02. The molecule has 9 nitrogen and oxygen atoms in total. The molecule has 5 rings (SSSR count). The molecule has 10 heteroatoms. The first-order valence-electron chi connectivity index (χ1n) is 14.6. The lowest BCUT2D eigenvalue weighted by Gasteiger charge is -2.56. The van der Waals surface area contributed by atoms with E-state index in [2.05, 4.69) is 9.80 Å². The average molecular weight is 584 g/mol. The number of hydrogen-bond donors (Lipinski definition) is 2. The molecule has 3 aliphatic rings. The van der Waals surface area contributed by atoms with Crippen LogP contribution < -0.4 is 15.4 Å². The molecule has 1 aromatic carbocycles. The number of halogens is 1. The predicted molar refractivity (Wildman–Crippen MR) is 161 cm³/mol. The number of Topliss-reactive ketones (excluding diaryl/α,β-unsaturated/α-hetero) is 1. The zero-order valence-corrected chi connectivity index (χ0v) is 25.3. The number of anilines is 1. The summed E-state index contributed by atoms with van der Waals surface area (Å²) in [6.45, 7) is 13.1. The van der Waals surface area contributed by atoms with Crippen LogP contribution in [0.3, 0.4) is 0 Å². The van der Waals surface area contributed by atoms with E-state index in [0.717, 1.165) is 70.0 Å². The van der Waals surface area contributed by atoms with E-state index >= 15 is 0 Å². The van der Waals surface area contributed by atoms with Gasteiger partial charge in [0.1, 0.15) is 18.2 Å². The van der Waals surface area contributed by atoms with E-state index in [1.54, 1.807) is 25.1 Å². The van der Waals surface area contributed by atoms with E-state index < -0.39 is 6.10 Å². The number of ether oxygens (including phenoxy) is 2. The Morgan fingerprint density at radius 1 is 1.24 bits per heavy atom. The fourth-order valence-electron chi connectivity index (χ4n) is 6.21. The standard InChI is InChI=1S/C31H42ClN5O4/c1-5-6-23(39)16-41-24-7-8-26(32)25(13-24)29-34-28(27(20(3)33)21(4)38)19(2)30(35-29)37-17-31(18-37)9-11-36(12-10-31)22-14-40-15-22/h7-8,13,22-23,39H,5-6,9-12,14-18,33H2,1-4H3/t23-/m1/s1. The SMILES string of the molecule is CCC[C@@H](O)COc1ccc(Cl)c(-c2nc(C(C(C)=O)=C(C)N)c(C)c(N3CC4(CCN(C5COC5)CC4)C3)n2)c1. The molecule has 222 valence electrons. The van der Waals surface area contributed by atoms with Crippen molar-refractivity contribution >= 4 is 28.8 Å². The summed E-state index contributed by atoms with van der Waals surface area (Å²) in [5.74, 6) is 1.62. The number of rotatable bonds is 10. The molecule has 3 saturated heterocycles. The second-order valence-electron chi connectivity index (χ2n) is 11.9. The van der Waals surface area contributed by atoms with Crippen LogP contribution in [-0.4, -0.2) is 83.9 Å². The quantitative estimate of drug-likeness (QED) is 0.397. The number of aromatic nitrogens is 2. The fourth-order valence-corrected chi connectivity index (χ4v) is 6.41. The Morgan fingerprint density at radius 3 is 2.54 bits per heavy atom. The first kappa shape index (κ1) is 29.8. The van der Waals surface area contributed by atoms with Crippen LogP contribution in [0.25, 0.3) is 17.0 Å². The second-order valence-corrected chi connectivity index (χ2v) is 12.3. The van der Waals surface area contributed by atoms with Gasteiger partial charge in [0.15, 0.2) is 11.6 Å². The number of ketones is 1. The normalized spacial score (nSPS) is 20.3. The minimum Gasteiger partial charge on any atom is -0.491 e. The summed E-state index contributed by atoms with van der Waals surface area (Å²) in [4.78, 5) is 27.5. The number of nitrogens with two attached hydrogens (primary N) is 1. The molecule has 0 amide bonds. The Labute approximate surface area is 247 Å². The zero-order valence-electron chi connectivity index (χ0n) is 24.6. The van der Waals surface area contributed by atoms with Gasteiger partial charge in [-0.05, 0) is 71.3 Å². The van der Waals surface area contributed by atoms with Gasteiger partial charge in [0.25, 0.3) is 0 Å². The monoisotopic (exact) mass is 583 g/mol. The van der Waals surface area contributed by atoms with E-state index in [9.17, 15) is 9.90 Å². The number of aliphatic hydroxyl groups is 1. The van der Waals surface area contributed by atoms with Crippen molar-refractivity contribution < 1.29 is 19.4 Å². The lowest BCUT2D eigenvalue weighted by Crippen LogP contribution is -2.63. The van der Waals surface area contributed by atoms with Crippen LogP contribution in [0.15, 0.2) is 23.9 Å². The third-order valence-electron chi connectivity index (χ3n) is 8.69. The number of likely N-dealkylation sites (tertiary alicyclic amines) is 1. The number of nitrogens with zero attached hydrogens (tertiary/aromatic N) is 4.